The standard InChI is InChI=1S/C25H31NO4/c1-27-19-10-8-18(9-11-19)17-26-14-12-25(13-15-26)21-6-4-16-29-23(21)20-5-3-7-22(28-2)24(20)30-25/h3,5,7-11,21,23H,4,6,12-17H2,1-2H3/t21-,23+/m0/s1. The lowest BCUT2D eigenvalue weighted by molar-refractivity contribution is -0.150. The minimum atomic E-state index is -0.164. The number of hydrogen-bond acceptors (Lipinski definition) is 5. The van der Waals surface area contributed by atoms with Gasteiger partial charge in [-0.15, -0.1) is 0 Å². The van der Waals surface area contributed by atoms with Crippen molar-refractivity contribution in [2.24, 2.45) is 5.92 Å². The Hall–Kier alpha value is -2.24. The Balaban J connectivity index is 1.35. The Morgan fingerprint density at radius 1 is 1.03 bits per heavy atom. The molecule has 3 aliphatic heterocycles. The maximum absolute atomic E-state index is 6.83. The molecule has 160 valence electrons. The van der Waals surface area contributed by atoms with E-state index in [2.05, 4.69) is 23.1 Å². The van der Waals surface area contributed by atoms with Crippen molar-refractivity contribution in [1.29, 1.82) is 0 Å². The van der Waals surface area contributed by atoms with Crippen molar-refractivity contribution in [2.75, 3.05) is 33.9 Å². The lowest BCUT2D eigenvalue weighted by Crippen LogP contribution is -2.57. The lowest BCUT2D eigenvalue weighted by atomic mass is 9.70. The van der Waals surface area contributed by atoms with Crippen LogP contribution in [0, 0.1) is 5.92 Å². The second-order valence-electron chi connectivity index (χ2n) is 8.71. The molecule has 5 heteroatoms. The van der Waals surface area contributed by atoms with Crippen LogP contribution in [0.25, 0.3) is 0 Å². The molecule has 5 nitrogen and oxygen atoms in total. The van der Waals surface area contributed by atoms with Crippen molar-refractivity contribution in [2.45, 2.75) is 43.9 Å². The van der Waals surface area contributed by atoms with E-state index in [0.29, 0.717) is 5.92 Å². The van der Waals surface area contributed by atoms with Gasteiger partial charge in [-0.1, -0.05) is 24.3 Å². The number of para-hydroxylation sites is 1. The largest absolute Gasteiger partial charge is 0.497 e. The van der Waals surface area contributed by atoms with E-state index >= 15 is 0 Å². The molecule has 30 heavy (non-hydrogen) atoms. The quantitative estimate of drug-likeness (QED) is 0.738. The summed E-state index contributed by atoms with van der Waals surface area (Å²) in [6.45, 7) is 3.85. The zero-order valence-electron chi connectivity index (χ0n) is 17.9. The number of fused-ring (bicyclic) bond motifs is 4. The third kappa shape index (κ3) is 3.44. The molecule has 2 fully saturated rings. The number of likely N-dealkylation sites (tertiary alicyclic amines) is 1. The number of nitrogens with zero attached hydrogens (tertiary/aromatic N) is 1. The maximum Gasteiger partial charge on any atom is 0.167 e. The van der Waals surface area contributed by atoms with Crippen LogP contribution in [0.4, 0.5) is 0 Å². The van der Waals surface area contributed by atoms with Gasteiger partial charge in [0.1, 0.15) is 11.4 Å². The van der Waals surface area contributed by atoms with Gasteiger partial charge in [-0.3, -0.25) is 4.90 Å². The van der Waals surface area contributed by atoms with E-state index in [-0.39, 0.29) is 11.7 Å². The van der Waals surface area contributed by atoms with Crippen LogP contribution in [-0.2, 0) is 11.3 Å². The number of hydrogen-bond donors (Lipinski definition) is 0. The molecular formula is C25H31NO4. The minimum Gasteiger partial charge on any atom is -0.497 e. The fourth-order valence-electron chi connectivity index (χ4n) is 5.48. The Morgan fingerprint density at radius 2 is 1.83 bits per heavy atom. The van der Waals surface area contributed by atoms with E-state index < -0.39 is 0 Å². The van der Waals surface area contributed by atoms with Gasteiger partial charge in [0, 0.05) is 50.6 Å². The highest BCUT2D eigenvalue weighted by Crippen LogP contribution is 2.55. The van der Waals surface area contributed by atoms with Gasteiger partial charge in [-0.2, -0.15) is 0 Å². The van der Waals surface area contributed by atoms with Crippen LogP contribution in [0.3, 0.4) is 0 Å². The molecular weight excluding hydrogens is 378 g/mol. The fraction of sp³-hybridized carbons (Fsp3) is 0.520. The normalized spacial score (nSPS) is 25.1. The summed E-state index contributed by atoms with van der Waals surface area (Å²) < 4.78 is 24.1. The van der Waals surface area contributed by atoms with Gasteiger partial charge in [0.2, 0.25) is 0 Å². The maximum atomic E-state index is 6.83. The monoisotopic (exact) mass is 409 g/mol. The van der Waals surface area contributed by atoms with Crippen LogP contribution >= 0.6 is 0 Å². The molecule has 5 rings (SSSR count). The summed E-state index contributed by atoms with van der Waals surface area (Å²) in [6.07, 6.45) is 4.43. The van der Waals surface area contributed by atoms with E-state index in [1.165, 1.54) is 12.0 Å². The van der Waals surface area contributed by atoms with Crippen LogP contribution < -0.4 is 14.2 Å². The molecule has 0 aromatic heterocycles. The van der Waals surface area contributed by atoms with Gasteiger partial charge in [0.15, 0.2) is 11.5 Å². The van der Waals surface area contributed by atoms with Crippen molar-refractivity contribution < 1.29 is 18.9 Å². The molecule has 2 saturated heterocycles. The van der Waals surface area contributed by atoms with Crippen LogP contribution in [0.2, 0.25) is 0 Å². The first-order valence-corrected chi connectivity index (χ1v) is 11.1. The summed E-state index contributed by atoms with van der Waals surface area (Å²) in [5.41, 5.74) is 2.32. The summed E-state index contributed by atoms with van der Waals surface area (Å²) in [4.78, 5) is 2.53. The van der Waals surface area contributed by atoms with Gasteiger partial charge >= 0.3 is 0 Å². The van der Waals surface area contributed by atoms with Crippen molar-refractivity contribution in [1.82, 2.24) is 4.90 Å². The second kappa shape index (κ2) is 8.12. The Bertz CT molecular complexity index is 873. The van der Waals surface area contributed by atoms with Crippen LogP contribution in [0.15, 0.2) is 42.5 Å². The highest BCUT2D eigenvalue weighted by atomic mass is 16.5. The van der Waals surface area contributed by atoms with Gasteiger partial charge in [0.25, 0.3) is 0 Å². The first-order valence-electron chi connectivity index (χ1n) is 11.1. The fourth-order valence-corrected chi connectivity index (χ4v) is 5.48. The van der Waals surface area contributed by atoms with Crippen molar-refractivity contribution in [3.8, 4) is 17.2 Å². The average molecular weight is 410 g/mol. The molecule has 0 aliphatic carbocycles. The molecule has 2 atom stereocenters. The van der Waals surface area contributed by atoms with Crippen LogP contribution in [0.1, 0.15) is 42.9 Å². The Kier molecular flexibility index (Phi) is 5.34. The predicted octanol–water partition coefficient (Wildman–Crippen LogP) is 4.60. The zero-order chi connectivity index (χ0) is 20.6. The molecule has 0 radical (unpaired) electrons. The molecule has 2 aromatic rings. The van der Waals surface area contributed by atoms with Crippen molar-refractivity contribution in [3.63, 3.8) is 0 Å². The Morgan fingerprint density at radius 3 is 2.57 bits per heavy atom. The number of ether oxygens (including phenoxy) is 4. The summed E-state index contributed by atoms with van der Waals surface area (Å²) >= 11 is 0. The zero-order valence-corrected chi connectivity index (χ0v) is 17.9. The van der Waals surface area contributed by atoms with Gasteiger partial charge in [-0.25, -0.2) is 0 Å². The highest BCUT2D eigenvalue weighted by molar-refractivity contribution is 5.50. The third-order valence-electron chi connectivity index (χ3n) is 7.11. The summed E-state index contributed by atoms with van der Waals surface area (Å²) in [5, 5.41) is 0. The van der Waals surface area contributed by atoms with Gasteiger partial charge in [0.05, 0.1) is 20.3 Å². The molecule has 0 amide bonds. The molecule has 0 N–H and O–H groups in total. The smallest absolute Gasteiger partial charge is 0.167 e. The predicted molar refractivity (Wildman–Crippen MR) is 115 cm³/mol. The van der Waals surface area contributed by atoms with Gasteiger partial charge < -0.3 is 18.9 Å². The topological polar surface area (TPSA) is 40.2 Å². The number of piperidine rings is 1. The molecule has 3 heterocycles. The first kappa shape index (κ1) is 19.7. The van der Waals surface area contributed by atoms with Crippen molar-refractivity contribution >= 4 is 0 Å². The molecule has 0 saturated carbocycles. The van der Waals surface area contributed by atoms with Gasteiger partial charge in [-0.05, 0) is 36.6 Å². The lowest BCUT2D eigenvalue weighted by Gasteiger charge is -2.53. The number of benzene rings is 2. The van der Waals surface area contributed by atoms with E-state index in [4.69, 9.17) is 18.9 Å². The van der Waals surface area contributed by atoms with E-state index in [9.17, 15) is 0 Å². The summed E-state index contributed by atoms with van der Waals surface area (Å²) in [5.74, 6) is 3.03. The molecule has 1 spiro atoms. The molecule has 2 aromatic carbocycles. The SMILES string of the molecule is COc1ccc(CN2CCC3(CC2)Oc2c(OC)cccc2[C@H]2OCCC[C@@H]23)cc1. The van der Waals surface area contributed by atoms with E-state index in [1.807, 2.05) is 24.3 Å². The second-order valence-corrected chi connectivity index (χ2v) is 8.71. The first-order chi connectivity index (χ1) is 14.7. The average Bonchev–Trinajstić information content (AvgIpc) is 2.81. The Labute approximate surface area is 178 Å². The summed E-state index contributed by atoms with van der Waals surface area (Å²) in [6, 6.07) is 14.6. The summed E-state index contributed by atoms with van der Waals surface area (Å²) in [7, 11) is 3.43. The molecule has 3 aliphatic rings. The van der Waals surface area contributed by atoms with E-state index in [1.54, 1.807) is 14.2 Å². The highest BCUT2D eigenvalue weighted by Gasteiger charge is 2.53. The van der Waals surface area contributed by atoms with Crippen LogP contribution in [0.5, 0.6) is 17.2 Å². The van der Waals surface area contributed by atoms with Crippen LogP contribution in [-0.4, -0.2) is 44.4 Å². The van der Waals surface area contributed by atoms with Crippen molar-refractivity contribution in [3.05, 3.63) is 53.6 Å². The molecule has 0 bridgehead atoms. The molecule has 0 unspecified atom stereocenters. The minimum absolute atomic E-state index is 0.116. The number of methoxy groups -OCH3 is 2. The van der Waals surface area contributed by atoms with E-state index in [0.717, 1.165) is 68.3 Å². The number of rotatable bonds is 4. The third-order valence-corrected chi connectivity index (χ3v) is 7.11.